The number of hydrogen-bond donors (Lipinski definition) is 2. The van der Waals surface area contributed by atoms with Gasteiger partial charge in [0, 0.05) is 19.5 Å². The van der Waals surface area contributed by atoms with E-state index in [-0.39, 0.29) is 18.5 Å². The molecule has 0 aliphatic carbocycles. The second-order valence-electron chi connectivity index (χ2n) is 5.53. The van der Waals surface area contributed by atoms with Gasteiger partial charge in [-0.3, -0.25) is 4.79 Å². The first-order valence-corrected chi connectivity index (χ1v) is 7.64. The molecular weight excluding hydrogens is 325 g/mol. The molecule has 0 saturated heterocycles. The summed E-state index contributed by atoms with van der Waals surface area (Å²) in [6, 6.07) is 7.78. The average Bonchev–Trinajstić information content (AvgIpc) is 2.93. The van der Waals surface area contributed by atoms with Gasteiger partial charge in [-0.15, -0.1) is 5.10 Å². The molecule has 0 radical (unpaired) electrons. The molecular formula is C17H18FN5O2. The van der Waals surface area contributed by atoms with Crippen LogP contribution in [-0.4, -0.2) is 34.8 Å². The lowest BCUT2D eigenvalue weighted by molar-refractivity contribution is 0.0982. The number of ether oxygens (including phenoxy) is 1. The van der Waals surface area contributed by atoms with Gasteiger partial charge < -0.3 is 19.9 Å². The Morgan fingerprint density at radius 2 is 2.08 bits per heavy atom. The average molecular weight is 343 g/mol. The van der Waals surface area contributed by atoms with Crippen molar-refractivity contribution in [1.29, 1.82) is 0 Å². The van der Waals surface area contributed by atoms with E-state index in [1.807, 2.05) is 0 Å². The quantitative estimate of drug-likeness (QED) is 0.744. The zero-order valence-electron chi connectivity index (χ0n) is 14.1. The van der Waals surface area contributed by atoms with Crippen molar-refractivity contribution in [3.63, 3.8) is 0 Å². The van der Waals surface area contributed by atoms with Gasteiger partial charge in [0.05, 0.1) is 16.9 Å². The number of anilines is 2. The van der Waals surface area contributed by atoms with E-state index in [0.717, 1.165) is 5.39 Å². The van der Waals surface area contributed by atoms with Crippen molar-refractivity contribution in [2.75, 3.05) is 24.8 Å². The first-order chi connectivity index (χ1) is 12.0. The van der Waals surface area contributed by atoms with Gasteiger partial charge in [-0.25, -0.2) is 4.39 Å². The molecule has 0 atom stereocenters. The van der Waals surface area contributed by atoms with Gasteiger partial charge in [0.15, 0.2) is 5.82 Å². The molecule has 1 aromatic carbocycles. The maximum Gasteiger partial charge on any atom is 0.272 e. The number of fused-ring (bicyclic) bond motifs is 1. The van der Waals surface area contributed by atoms with E-state index >= 15 is 0 Å². The van der Waals surface area contributed by atoms with Crippen LogP contribution in [0.2, 0.25) is 0 Å². The molecule has 0 aliphatic rings. The zero-order chi connectivity index (χ0) is 18.0. The van der Waals surface area contributed by atoms with Gasteiger partial charge >= 0.3 is 0 Å². The molecule has 0 bridgehead atoms. The van der Waals surface area contributed by atoms with E-state index in [4.69, 9.17) is 4.74 Å². The summed E-state index contributed by atoms with van der Waals surface area (Å²) < 4.78 is 20.4. The van der Waals surface area contributed by atoms with Crippen LogP contribution in [0.3, 0.4) is 0 Å². The first-order valence-electron chi connectivity index (χ1n) is 7.64. The molecule has 3 rings (SSSR count). The molecule has 7 nitrogen and oxygen atoms in total. The van der Waals surface area contributed by atoms with Crippen molar-refractivity contribution in [3.8, 4) is 0 Å². The molecule has 1 amide bonds. The van der Waals surface area contributed by atoms with Gasteiger partial charge in [0.25, 0.3) is 5.91 Å². The fraction of sp³-hybridized carbons (Fsp3) is 0.235. The molecule has 2 N–H and O–H groups in total. The number of amides is 1. The van der Waals surface area contributed by atoms with Crippen LogP contribution in [0.15, 0.2) is 30.3 Å². The molecule has 25 heavy (non-hydrogen) atoms. The van der Waals surface area contributed by atoms with E-state index in [1.165, 1.54) is 19.2 Å². The molecule has 8 heteroatoms. The van der Waals surface area contributed by atoms with Crippen molar-refractivity contribution in [1.82, 2.24) is 14.8 Å². The van der Waals surface area contributed by atoms with Crippen molar-refractivity contribution < 1.29 is 13.9 Å². The molecule has 0 spiro atoms. The third-order valence-electron chi connectivity index (χ3n) is 3.76. The minimum Gasteiger partial charge on any atom is -0.370 e. The Balaban J connectivity index is 2.02. The molecule has 0 fully saturated rings. The minimum absolute atomic E-state index is 0.127. The normalized spacial score (nSPS) is 10.9. The number of nitrogens with one attached hydrogen (secondary N) is 2. The Kier molecular flexibility index (Phi) is 4.62. The second-order valence-corrected chi connectivity index (χ2v) is 5.53. The molecule has 130 valence electrons. The lowest BCUT2D eigenvalue weighted by atomic mass is 10.2. The third kappa shape index (κ3) is 3.29. The molecule has 0 aliphatic heterocycles. The zero-order valence-corrected chi connectivity index (χ0v) is 14.1. The molecule has 0 unspecified atom stereocenters. The number of methoxy groups -OCH3 is 1. The standard InChI is InChI=1S/C17H18FN5O2/c1-10-6-13(16(19-2)22-21-10)20-17(24)15-7-11-4-5-12(18)8-14(11)23(15)9-25-3/h4-8H,9H2,1-3H3,(H,19,22)(H,20,21,24). The Hall–Kier alpha value is -3.00. The van der Waals surface area contributed by atoms with Gasteiger partial charge in [-0.1, -0.05) is 0 Å². The molecule has 3 aromatic rings. The van der Waals surface area contributed by atoms with Crippen LogP contribution in [0.25, 0.3) is 10.9 Å². The van der Waals surface area contributed by atoms with Crippen LogP contribution < -0.4 is 10.6 Å². The van der Waals surface area contributed by atoms with E-state index in [9.17, 15) is 9.18 Å². The predicted molar refractivity (Wildman–Crippen MR) is 93.2 cm³/mol. The summed E-state index contributed by atoms with van der Waals surface area (Å²) in [5.41, 5.74) is 2.14. The number of carbonyl (C=O) groups excluding carboxylic acids is 1. The van der Waals surface area contributed by atoms with Crippen molar-refractivity contribution >= 4 is 28.3 Å². The van der Waals surface area contributed by atoms with E-state index < -0.39 is 0 Å². The maximum absolute atomic E-state index is 13.6. The number of hydrogen-bond acceptors (Lipinski definition) is 5. The van der Waals surface area contributed by atoms with E-state index in [1.54, 1.807) is 36.7 Å². The van der Waals surface area contributed by atoms with Crippen LogP contribution in [0.5, 0.6) is 0 Å². The fourth-order valence-corrected chi connectivity index (χ4v) is 2.64. The van der Waals surface area contributed by atoms with Crippen LogP contribution in [0.1, 0.15) is 16.2 Å². The Morgan fingerprint density at radius 3 is 2.80 bits per heavy atom. The topological polar surface area (TPSA) is 81.1 Å². The van der Waals surface area contributed by atoms with Crippen LogP contribution in [0, 0.1) is 12.7 Å². The highest BCUT2D eigenvalue weighted by Gasteiger charge is 2.18. The number of halogens is 1. The summed E-state index contributed by atoms with van der Waals surface area (Å²) in [5, 5.41) is 14.4. The monoisotopic (exact) mass is 343 g/mol. The summed E-state index contributed by atoms with van der Waals surface area (Å²) in [5.74, 6) is -0.265. The van der Waals surface area contributed by atoms with Gasteiger partial charge in [0.2, 0.25) is 0 Å². The largest absolute Gasteiger partial charge is 0.370 e. The van der Waals surface area contributed by atoms with Crippen LogP contribution in [-0.2, 0) is 11.5 Å². The number of carbonyl (C=O) groups is 1. The van der Waals surface area contributed by atoms with Crippen LogP contribution >= 0.6 is 0 Å². The molecule has 2 heterocycles. The Labute approximate surface area is 143 Å². The van der Waals surface area contributed by atoms with E-state index in [0.29, 0.717) is 28.4 Å². The van der Waals surface area contributed by atoms with Crippen molar-refractivity contribution in [3.05, 3.63) is 47.5 Å². The van der Waals surface area contributed by atoms with Gasteiger partial charge in [0.1, 0.15) is 18.2 Å². The minimum atomic E-state index is -0.374. The lowest BCUT2D eigenvalue weighted by Gasteiger charge is -2.12. The first kappa shape index (κ1) is 16.8. The highest BCUT2D eigenvalue weighted by atomic mass is 19.1. The maximum atomic E-state index is 13.6. The number of aromatic nitrogens is 3. The molecule has 0 saturated carbocycles. The second kappa shape index (κ2) is 6.86. The van der Waals surface area contributed by atoms with Crippen molar-refractivity contribution in [2.24, 2.45) is 0 Å². The third-order valence-corrected chi connectivity index (χ3v) is 3.76. The number of benzene rings is 1. The SMILES string of the molecule is CNc1nnc(C)cc1NC(=O)c1cc2ccc(F)cc2n1COC. The Bertz CT molecular complexity index is 938. The lowest BCUT2D eigenvalue weighted by Crippen LogP contribution is -2.19. The summed E-state index contributed by atoms with van der Waals surface area (Å²) >= 11 is 0. The number of rotatable bonds is 5. The predicted octanol–water partition coefficient (Wildman–Crippen LogP) is 2.78. The summed E-state index contributed by atoms with van der Waals surface area (Å²) in [7, 11) is 3.21. The number of nitrogens with zero attached hydrogens (tertiary/aromatic N) is 3. The Morgan fingerprint density at radius 1 is 1.28 bits per heavy atom. The summed E-state index contributed by atoms with van der Waals surface area (Å²) in [6.45, 7) is 1.91. The number of aryl methyl sites for hydroxylation is 1. The summed E-state index contributed by atoms with van der Waals surface area (Å²) in [4.78, 5) is 12.8. The highest BCUT2D eigenvalue weighted by Crippen LogP contribution is 2.24. The van der Waals surface area contributed by atoms with Crippen molar-refractivity contribution in [2.45, 2.75) is 13.7 Å². The highest BCUT2D eigenvalue weighted by molar-refractivity contribution is 6.07. The summed E-state index contributed by atoms with van der Waals surface area (Å²) in [6.07, 6.45) is 0. The van der Waals surface area contributed by atoms with E-state index in [2.05, 4.69) is 20.8 Å². The smallest absolute Gasteiger partial charge is 0.272 e. The molecule has 2 aromatic heterocycles. The van der Waals surface area contributed by atoms with Crippen LogP contribution in [0.4, 0.5) is 15.9 Å². The van der Waals surface area contributed by atoms with Gasteiger partial charge in [-0.05, 0) is 37.3 Å². The fourth-order valence-electron chi connectivity index (χ4n) is 2.64. The van der Waals surface area contributed by atoms with Gasteiger partial charge in [-0.2, -0.15) is 5.10 Å².